The van der Waals surface area contributed by atoms with Crippen LogP contribution < -0.4 is 0 Å². The van der Waals surface area contributed by atoms with Gasteiger partial charge in [-0.05, 0) is 111 Å². The number of hydrogen-bond donors (Lipinski definition) is 0. The van der Waals surface area contributed by atoms with Crippen LogP contribution in [0.5, 0.6) is 0 Å². The van der Waals surface area contributed by atoms with E-state index in [-0.39, 0.29) is 0 Å². The lowest BCUT2D eigenvalue weighted by atomic mass is 9.81. The highest BCUT2D eigenvalue weighted by Crippen LogP contribution is 2.57. The zero-order valence-corrected chi connectivity index (χ0v) is 27.1. The van der Waals surface area contributed by atoms with Gasteiger partial charge in [-0.2, -0.15) is 0 Å². The summed E-state index contributed by atoms with van der Waals surface area (Å²) in [5.74, 6) is 0. The van der Waals surface area contributed by atoms with Crippen LogP contribution in [0.25, 0.3) is 110 Å². The van der Waals surface area contributed by atoms with Gasteiger partial charge in [-0.3, -0.25) is 0 Å². The lowest BCUT2D eigenvalue weighted by Crippen LogP contribution is -1.95. The predicted octanol–water partition coefficient (Wildman–Crippen LogP) is 14.2. The van der Waals surface area contributed by atoms with E-state index >= 15 is 0 Å². The van der Waals surface area contributed by atoms with Crippen molar-refractivity contribution in [1.29, 1.82) is 0 Å². The third kappa shape index (κ3) is 3.31. The van der Waals surface area contributed by atoms with Crippen molar-refractivity contribution in [3.63, 3.8) is 0 Å². The van der Waals surface area contributed by atoms with E-state index in [1.807, 2.05) is 12.1 Å². The molecule has 48 heavy (non-hydrogen) atoms. The van der Waals surface area contributed by atoms with Crippen molar-refractivity contribution in [3.05, 3.63) is 156 Å². The van der Waals surface area contributed by atoms with E-state index in [2.05, 4.69) is 133 Å². The topological polar surface area (TPSA) is 0 Å². The fourth-order valence-electron chi connectivity index (χ4n) is 8.86. The summed E-state index contributed by atoms with van der Waals surface area (Å²) < 4.78 is 0. The van der Waals surface area contributed by atoms with Crippen LogP contribution in [0.15, 0.2) is 146 Å². The number of fused-ring (bicyclic) bond motifs is 8. The van der Waals surface area contributed by atoms with Crippen LogP contribution in [0.4, 0.5) is 0 Å². The molecule has 0 radical (unpaired) electrons. The van der Waals surface area contributed by atoms with Gasteiger partial charge < -0.3 is 0 Å². The van der Waals surface area contributed by atoms with Gasteiger partial charge in [0, 0.05) is 20.8 Å². The molecule has 0 N–H and O–H groups in total. The Morgan fingerprint density at radius 2 is 0.646 bits per heavy atom. The zero-order chi connectivity index (χ0) is 31.7. The number of halogens is 2. The van der Waals surface area contributed by atoms with Crippen molar-refractivity contribution in [3.8, 4) is 66.8 Å². The Balaban J connectivity index is 1.34. The summed E-state index contributed by atoms with van der Waals surface area (Å²) in [7, 11) is 0. The second-order valence-electron chi connectivity index (χ2n) is 12.9. The molecule has 0 atom stereocenters. The first-order chi connectivity index (χ1) is 23.7. The van der Waals surface area contributed by atoms with E-state index in [9.17, 15) is 0 Å². The van der Waals surface area contributed by atoms with Gasteiger partial charge in [0.25, 0.3) is 0 Å². The van der Waals surface area contributed by atoms with Gasteiger partial charge in [-0.25, -0.2) is 0 Å². The first kappa shape index (κ1) is 26.6. The quantitative estimate of drug-likeness (QED) is 0.164. The second-order valence-corrected chi connectivity index (χ2v) is 13.8. The molecule has 0 unspecified atom stereocenters. The molecular formula is C46H24Cl2. The van der Waals surface area contributed by atoms with Crippen LogP contribution in [0.2, 0.25) is 10.0 Å². The van der Waals surface area contributed by atoms with Gasteiger partial charge in [0.05, 0.1) is 0 Å². The summed E-state index contributed by atoms with van der Waals surface area (Å²) in [5.41, 5.74) is 14.7. The SMILES string of the molecule is Clc1cccc2c(-c3ccc4cccc5c4c3-c3ccccc3-5)c3c(Cl)cccc3c(-c3ccc4cccc5c4c3-c3ccccc3-5)c12. The lowest BCUT2D eigenvalue weighted by molar-refractivity contribution is 1.66. The molecule has 0 fully saturated rings. The Kier molecular flexibility index (Phi) is 5.32. The van der Waals surface area contributed by atoms with Gasteiger partial charge in [-0.15, -0.1) is 0 Å². The van der Waals surface area contributed by atoms with E-state index in [1.54, 1.807) is 0 Å². The Labute approximate surface area is 287 Å². The lowest BCUT2D eigenvalue weighted by Gasteiger charge is -2.22. The molecule has 2 heteroatoms. The summed E-state index contributed by atoms with van der Waals surface area (Å²) >= 11 is 14.7. The zero-order valence-electron chi connectivity index (χ0n) is 25.6. The molecule has 0 aliphatic heterocycles. The molecule has 0 amide bonds. The van der Waals surface area contributed by atoms with Crippen LogP contribution in [0, 0.1) is 0 Å². The van der Waals surface area contributed by atoms with Crippen LogP contribution in [0.3, 0.4) is 0 Å². The standard InChI is InChI=1S/C46H24Cl2/c47-37-19-8-18-34-44(36-24-22-26-10-6-16-30-28-12-2-4-14-32(28)42(36)40(26)30)46-33(17-7-20-38(46)48)43(45(34)37)35-23-21-25-9-5-15-29-27-11-1-3-13-31(27)41(35)39(25)29/h1-24H. The van der Waals surface area contributed by atoms with Crippen molar-refractivity contribution in [2.45, 2.75) is 0 Å². The number of rotatable bonds is 2. The van der Waals surface area contributed by atoms with E-state index < -0.39 is 0 Å². The molecule has 0 bridgehead atoms. The Hall–Kier alpha value is -5.40. The Bertz CT molecular complexity index is 2710. The van der Waals surface area contributed by atoms with Crippen molar-refractivity contribution < 1.29 is 0 Å². The van der Waals surface area contributed by atoms with Crippen molar-refractivity contribution in [1.82, 2.24) is 0 Å². The van der Waals surface area contributed by atoms with Crippen LogP contribution in [-0.2, 0) is 0 Å². The minimum Gasteiger partial charge on any atom is -0.0836 e. The third-order valence-corrected chi connectivity index (χ3v) is 11.3. The number of benzene rings is 9. The highest BCUT2D eigenvalue weighted by molar-refractivity contribution is 6.43. The maximum absolute atomic E-state index is 7.37. The monoisotopic (exact) mass is 646 g/mol. The van der Waals surface area contributed by atoms with Crippen molar-refractivity contribution in [2.24, 2.45) is 0 Å². The Morgan fingerprint density at radius 1 is 0.250 bits per heavy atom. The molecule has 0 saturated heterocycles. The van der Waals surface area contributed by atoms with E-state index in [4.69, 9.17) is 23.2 Å². The fourth-order valence-corrected chi connectivity index (χ4v) is 9.40. The molecule has 0 saturated carbocycles. The minimum atomic E-state index is 0.732. The normalized spacial score (nSPS) is 12.4. The second kappa shape index (κ2) is 9.58. The van der Waals surface area contributed by atoms with Crippen molar-refractivity contribution in [2.75, 3.05) is 0 Å². The molecule has 0 heterocycles. The molecule has 2 aliphatic carbocycles. The predicted molar refractivity (Wildman–Crippen MR) is 206 cm³/mol. The molecule has 0 spiro atoms. The summed E-state index contributed by atoms with van der Waals surface area (Å²) in [5, 5.41) is 10.8. The van der Waals surface area contributed by atoms with E-state index in [1.165, 1.54) is 77.2 Å². The molecular weight excluding hydrogens is 623 g/mol. The summed E-state index contributed by atoms with van der Waals surface area (Å²) in [6.45, 7) is 0. The highest BCUT2D eigenvalue weighted by atomic mass is 35.5. The average molecular weight is 648 g/mol. The van der Waals surface area contributed by atoms with E-state index in [0.29, 0.717) is 0 Å². The largest absolute Gasteiger partial charge is 0.0836 e. The molecule has 0 aromatic heterocycles. The first-order valence-electron chi connectivity index (χ1n) is 16.3. The van der Waals surface area contributed by atoms with Gasteiger partial charge in [-0.1, -0.05) is 157 Å². The van der Waals surface area contributed by atoms with Gasteiger partial charge in [0.2, 0.25) is 0 Å². The average Bonchev–Trinajstić information content (AvgIpc) is 3.65. The van der Waals surface area contributed by atoms with Crippen LogP contribution in [0.1, 0.15) is 0 Å². The smallest absolute Gasteiger partial charge is 0.0491 e. The van der Waals surface area contributed by atoms with Crippen LogP contribution >= 0.6 is 23.2 Å². The van der Waals surface area contributed by atoms with Crippen molar-refractivity contribution >= 4 is 66.3 Å². The van der Waals surface area contributed by atoms with E-state index in [0.717, 1.165) is 42.7 Å². The maximum Gasteiger partial charge on any atom is 0.0491 e. The molecule has 11 rings (SSSR count). The number of hydrogen-bond acceptors (Lipinski definition) is 0. The minimum absolute atomic E-state index is 0.732. The molecule has 2 aliphatic rings. The molecule has 222 valence electrons. The Morgan fingerprint density at radius 3 is 1.10 bits per heavy atom. The summed E-state index contributed by atoms with van der Waals surface area (Å²) in [6, 6.07) is 52.6. The van der Waals surface area contributed by atoms with Crippen LogP contribution in [-0.4, -0.2) is 0 Å². The summed E-state index contributed by atoms with van der Waals surface area (Å²) in [6.07, 6.45) is 0. The molecule has 9 aromatic rings. The molecule has 0 nitrogen and oxygen atoms in total. The third-order valence-electron chi connectivity index (χ3n) is 10.7. The van der Waals surface area contributed by atoms with Gasteiger partial charge in [0.1, 0.15) is 0 Å². The summed E-state index contributed by atoms with van der Waals surface area (Å²) in [4.78, 5) is 0. The van der Waals surface area contributed by atoms with Gasteiger partial charge in [0.15, 0.2) is 0 Å². The first-order valence-corrected chi connectivity index (χ1v) is 17.1. The highest BCUT2D eigenvalue weighted by Gasteiger charge is 2.30. The maximum atomic E-state index is 7.37. The molecule has 9 aromatic carbocycles. The van der Waals surface area contributed by atoms with Gasteiger partial charge >= 0.3 is 0 Å². The fraction of sp³-hybridized carbons (Fsp3) is 0.